The summed E-state index contributed by atoms with van der Waals surface area (Å²) >= 11 is 6.05. The second kappa shape index (κ2) is 12.2. The standard InChI is InChI=1S/C29H34ClF3N4O6S/c1-6-44(41,42)24-8-7-19(30)11-18(24)15-37-25(38)21-13-22(29(31,32)33)17(12-23(21)34-26(37)39)14-36-10-9-20(16-36)35(5)27(40)43-28(2,3)4/h7-8,11-13,20H,6,9-10,14-16H2,1-5H3,(H,34,39). The minimum Gasteiger partial charge on any atom is -0.444 e. The van der Waals surface area contributed by atoms with Gasteiger partial charge in [0.1, 0.15) is 5.60 Å². The van der Waals surface area contributed by atoms with Crippen LogP contribution in [0, 0.1) is 0 Å². The van der Waals surface area contributed by atoms with Crippen LogP contribution < -0.4 is 11.2 Å². The monoisotopic (exact) mass is 658 g/mol. The van der Waals surface area contributed by atoms with Gasteiger partial charge in [-0.2, -0.15) is 13.2 Å². The molecule has 15 heteroatoms. The van der Waals surface area contributed by atoms with Gasteiger partial charge in [-0.1, -0.05) is 18.5 Å². The summed E-state index contributed by atoms with van der Waals surface area (Å²) in [6.07, 6.45) is -4.83. The van der Waals surface area contributed by atoms with Gasteiger partial charge in [0.05, 0.1) is 33.7 Å². The number of benzene rings is 2. The number of H-pyrrole nitrogens is 1. The van der Waals surface area contributed by atoms with E-state index < -0.39 is 51.1 Å². The van der Waals surface area contributed by atoms with Crippen LogP contribution in [0.15, 0.2) is 44.8 Å². The van der Waals surface area contributed by atoms with Crippen LogP contribution in [-0.4, -0.2) is 71.4 Å². The van der Waals surface area contributed by atoms with E-state index in [9.17, 15) is 36.0 Å². The molecule has 1 saturated heterocycles. The fraction of sp³-hybridized carbons (Fsp3) is 0.483. The first-order valence-electron chi connectivity index (χ1n) is 13.9. The molecule has 0 bridgehead atoms. The van der Waals surface area contributed by atoms with Crippen LogP contribution in [0.1, 0.15) is 50.8 Å². The molecule has 44 heavy (non-hydrogen) atoms. The normalized spacial score (nSPS) is 16.4. The molecule has 2 aromatic carbocycles. The highest BCUT2D eigenvalue weighted by Crippen LogP contribution is 2.35. The number of fused-ring (bicyclic) bond motifs is 1. The van der Waals surface area contributed by atoms with E-state index in [0.717, 1.165) is 6.07 Å². The maximum Gasteiger partial charge on any atom is 0.416 e. The number of nitrogens with zero attached hydrogens (tertiary/aromatic N) is 3. The van der Waals surface area contributed by atoms with Gasteiger partial charge in [-0.15, -0.1) is 0 Å². The number of rotatable bonds is 7. The molecule has 10 nitrogen and oxygen atoms in total. The Hall–Kier alpha value is -3.36. The maximum atomic E-state index is 14.3. The predicted molar refractivity (Wildman–Crippen MR) is 160 cm³/mol. The first kappa shape index (κ1) is 33.5. The Kier molecular flexibility index (Phi) is 9.30. The van der Waals surface area contributed by atoms with Gasteiger partial charge in [0.25, 0.3) is 5.56 Å². The molecular weight excluding hydrogens is 625 g/mol. The quantitative estimate of drug-likeness (QED) is 0.392. The summed E-state index contributed by atoms with van der Waals surface area (Å²) in [6, 6.07) is 5.49. The Morgan fingerprint density at radius 3 is 2.41 bits per heavy atom. The molecule has 2 heterocycles. The summed E-state index contributed by atoms with van der Waals surface area (Å²) < 4.78 is 74.2. The number of hydrogen-bond acceptors (Lipinski definition) is 7. The molecule has 1 aliphatic rings. The van der Waals surface area contributed by atoms with Crippen LogP contribution in [0.25, 0.3) is 10.9 Å². The Morgan fingerprint density at radius 1 is 1.11 bits per heavy atom. The SMILES string of the molecule is CCS(=O)(=O)c1ccc(Cl)cc1Cn1c(=O)[nH]c2cc(CN3CCC(N(C)C(=O)OC(C)(C)C)C3)c(C(F)(F)F)cc2c1=O. The number of likely N-dealkylation sites (N-methyl/N-ethyl adjacent to an activating group) is 1. The lowest BCUT2D eigenvalue weighted by atomic mass is 10.0. The van der Waals surface area contributed by atoms with E-state index in [-0.39, 0.29) is 50.3 Å². The van der Waals surface area contributed by atoms with Crippen molar-refractivity contribution in [3.8, 4) is 0 Å². The number of likely N-dealkylation sites (tertiary alicyclic amines) is 1. The molecule has 0 radical (unpaired) electrons. The van der Waals surface area contributed by atoms with Gasteiger partial charge in [-0.3, -0.25) is 14.3 Å². The van der Waals surface area contributed by atoms with E-state index in [0.29, 0.717) is 30.1 Å². The number of aromatic amines is 1. The average molecular weight is 659 g/mol. The summed E-state index contributed by atoms with van der Waals surface area (Å²) in [4.78, 5) is 44.5. The smallest absolute Gasteiger partial charge is 0.416 e. The molecule has 1 fully saturated rings. The van der Waals surface area contributed by atoms with Gasteiger partial charge in [-0.25, -0.2) is 18.0 Å². The van der Waals surface area contributed by atoms with Crippen molar-refractivity contribution in [1.29, 1.82) is 0 Å². The molecule has 0 saturated carbocycles. The summed E-state index contributed by atoms with van der Waals surface area (Å²) in [6.45, 7) is 6.69. The molecule has 4 rings (SSSR count). The minimum atomic E-state index is -4.82. The molecule has 1 aliphatic heterocycles. The highest BCUT2D eigenvalue weighted by molar-refractivity contribution is 7.91. The molecule has 1 N–H and O–H groups in total. The molecule has 240 valence electrons. The fourth-order valence-electron chi connectivity index (χ4n) is 5.18. The average Bonchev–Trinajstić information content (AvgIpc) is 3.37. The third kappa shape index (κ3) is 7.29. The lowest BCUT2D eigenvalue weighted by Crippen LogP contribution is -2.42. The number of nitrogens with one attached hydrogen (secondary N) is 1. The zero-order chi connectivity index (χ0) is 32.8. The van der Waals surface area contributed by atoms with Crippen molar-refractivity contribution >= 4 is 38.4 Å². The summed E-state index contributed by atoms with van der Waals surface area (Å²) in [5.41, 5.74) is -3.86. The fourth-order valence-corrected chi connectivity index (χ4v) is 6.48. The van der Waals surface area contributed by atoms with Crippen molar-refractivity contribution in [2.45, 2.75) is 69.9 Å². The molecule has 1 unspecified atom stereocenters. The van der Waals surface area contributed by atoms with Crippen LogP contribution >= 0.6 is 11.6 Å². The first-order valence-corrected chi connectivity index (χ1v) is 15.9. The zero-order valence-electron chi connectivity index (χ0n) is 24.9. The second-order valence-electron chi connectivity index (χ2n) is 11.8. The van der Waals surface area contributed by atoms with Crippen LogP contribution in [0.4, 0.5) is 18.0 Å². The largest absolute Gasteiger partial charge is 0.444 e. The van der Waals surface area contributed by atoms with Crippen LogP contribution in [-0.2, 0) is 33.8 Å². The van der Waals surface area contributed by atoms with E-state index in [1.54, 1.807) is 32.7 Å². The van der Waals surface area contributed by atoms with Crippen LogP contribution in [0.3, 0.4) is 0 Å². The lowest BCUT2D eigenvalue weighted by Gasteiger charge is -2.28. The number of amides is 1. The van der Waals surface area contributed by atoms with Crippen molar-refractivity contribution < 1.29 is 31.1 Å². The van der Waals surface area contributed by atoms with Crippen LogP contribution in [0.2, 0.25) is 5.02 Å². The molecule has 0 aliphatic carbocycles. The zero-order valence-corrected chi connectivity index (χ0v) is 26.5. The third-order valence-corrected chi connectivity index (χ3v) is 9.51. The van der Waals surface area contributed by atoms with Crippen molar-refractivity contribution in [3.05, 3.63) is 72.9 Å². The second-order valence-corrected chi connectivity index (χ2v) is 14.5. The molecule has 1 atom stereocenters. The molecule has 3 aromatic rings. The van der Waals surface area contributed by atoms with Gasteiger partial charge >= 0.3 is 18.0 Å². The number of ether oxygens (including phenoxy) is 1. The first-order chi connectivity index (χ1) is 20.3. The van der Waals surface area contributed by atoms with Crippen LogP contribution in [0.5, 0.6) is 0 Å². The topological polar surface area (TPSA) is 122 Å². The Morgan fingerprint density at radius 2 is 1.80 bits per heavy atom. The molecule has 0 spiro atoms. The maximum absolute atomic E-state index is 14.3. The molecule has 1 amide bonds. The predicted octanol–water partition coefficient (Wildman–Crippen LogP) is 4.65. The van der Waals surface area contributed by atoms with Gasteiger partial charge in [0.2, 0.25) is 0 Å². The molecule has 1 aromatic heterocycles. The van der Waals surface area contributed by atoms with Crippen molar-refractivity contribution in [2.24, 2.45) is 0 Å². The third-order valence-electron chi connectivity index (χ3n) is 7.45. The summed E-state index contributed by atoms with van der Waals surface area (Å²) in [5.74, 6) is -0.253. The minimum absolute atomic E-state index is 0.0545. The Labute approximate surface area is 257 Å². The number of sulfone groups is 1. The van der Waals surface area contributed by atoms with E-state index in [2.05, 4.69) is 4.98 Å². The lowest BCUT2D eigenvalue weighted by molar-refractivity contribution is -0.138. The Balaban J connectivity index is 1.69. The van der Waals surface area contributed by atoms with Crippen molar-refractivity contribution in [2.75, 3.05) is 25.9 Å². The van der Waals surface area contributed by atoms with Gasteiger partial charge < -0.3 is 14.6 Å². The number of alkyl halides is 3. The van der Waals surface area contributed by atoms with E-state index >= 15 is 0 Å². The number of hydrogen-bond donors (Lipinski definition) is 1. The molecular formula is C29H34ClF3N4O6S. The van der Waals surface area contributed by atoms with E-state index in [1.807, 2.05) is 0 Å². The van der Waals surface area contributed by atoms with Gasteiger partial charge in [0.15, 0.2) is 9.84 Å². The highest BCUT2D eigenvalue weighted by Gasteiger charge is 2.36. The highest BCUT2D eigenvalue weighted by atomic mass is 35.5. The number of carbonyl (C=O) groups is 1. The Bertz CT molecular complexity index is 1810. The summed E-state index contributed by atoms with van der Waals surface area (Å²) in [7, 11) is -2.19. The van der Waals surface area contributed by atoms with E-state index in [4.69, 9.17) is 16.3 Å². The van der Waals surface area contributed by atoms with Gasteiger partial charge in [-0.05, 0) is 68.7 Å². The number of halogens is 4. The van der Waals surface area contributed by atoms with E-state index in [1.165, 1.54) is 30.0 Å². The van der Waals surface area contributed by atoms with Crippen molar-refractivity contribution in [3.63, 3.8) is 0 Å². The van der Waals surface area contributed by atoms with Gasteiger partial charge in [0, 0.05) is 37.7 Å². The number of carbonyl (C=O) groups excluding carboxylic acids is 1. The number of aromatic nitrogens is 2. The summed E-state index contributed by atoms with van der Waals surface area (Å²) in [5, 5.41) is -0.225. The van der Waals surface area contributed by atoms with Crippen molar-refractivity contribution in [1.82, 2.24) is 19.4 Å².